The average Bonchev–Trinajstić information content (AvgIpc) is 3.42. The normalized spacial score (nSPS) is 12.7. The molecular formula is C43H38O4. The van der Waals surface area contributed by atoms with Gasteiger partial charge in [0.2, 0.25) is 0 Å². The van der Waals surface area contributed by atoms with Crippen molar-refractivity contribution in [3.05, 3.63) is 190 Å². The molecule has 2 N–H and O–H groups in total. The molecule has 4 nitrogen and oxygen atoms in total. The van der Waals surface area contributed by atoms with E-state index in [9.17, 15) is 10.2 Å². The maximum atomic E-state index is 9.60. The predicted octanol–water partition coefficient (Wildman–Crippen LogP) is 7.97. The highest BCUT2D eigenvalue weighted by Crippen LogP contribution is 2.56. The first-order chi connectivity index (χ1) is 23.2. The van der Waals surface area contributed by atoms with E-state index >= 15 is 0 Å². The van der Waals surface area contributed by atoms with Crippen LogP contribution in [-0.2, 0) is 18.3 Å². The predicted molar refractivity (Wildman–Crippen MR) is 187 cm³/mol. The molecule has 0 amide bonds. The minimum Gasteiger partial charge on any atom is -0.491 e. The van der Waals surface area contributed by atoms with Gasteiger partial charge < -0.3 is 19.7 Å². The molecule has 7 rings (SSSR count). The maximum Gasteiger partial charge on any atom is 0.122 e. The van der Waals surface area contributed by atoms with Crippen LogP contribution in [-0.4, -0.2) is 36.6 Å². The van der Waals surface area contributed by atoms with E-state index < -0.39 is 5.41 Å². The van der Waals surface area contributed by atoms with Crippen LogP contribution >= 0.6 is 0 Å². The summed E-state index contributed by atoms with van der Waals surface area (Å²) >= 11 is 0. The number of aliphatic hydroxyl groups excluding tert-OH is 2. The third-order valence-electron chi connectivity index (χ3n) is 9.11. The SMILES string of the molecule is OCCOc1ccc(C2(c3ccc(OCCO)c(Cc4ccccc4)c3)c3ccccc3-c3ccccc32)cc1Cc1ccccc1. The van der Waals surface area contributed by atoms with Crippen LogP contribution in [0.1, 0.15) is 44.5 Å². The molecule has 0 atom stereocenters. The monoisotopic (exact) mass is 618 g/mol. The Bertz CT molecular complexity index is 1820. The van der Waals surface area contributed by atoms with Gasteiger partial charge in [-0.2, -0.15) is 0 Å². The van der Waals surface area contributed by atoms with Crippen molar-refractivity contribution in [1.29, 1.82) is 0 Å². The van der Waals surface area contributed by atoms with Crippen molar-refractivity contribution >= 4 is 0 Å². The van der Waals surface area contributed by atoms with E-state index in [1.54, 1.807) is 0 Å². The summed E-state index contributed by atoms with van der Waals surface area (Å²) in [7, 11) is 0. The summed E-state index contributed by atoms with van der Waals surface area (Å²) in [5, 5.41) is 19.2. The fraction of sp³-hybridized carbons (Fsp3) is 0.163. The molecule has 0 unspecified atom stereocenters. The van der Waals surface area contributed by atoms with Gasteiger partial charge in [-0.05, 0) is 67.8 Å². The first kappa shape index (κ1) is 30.5. The van der Waals surface area contributed by atoms with Gasteiger partial charge in [-0.3, -0.25) is 0 Å². The van der Waals surface area contributed by atoms with Gasteiger partial charge in [-0.25, -0.2) is 0 Å². The van der Waals surface area contributed by atoms with Crippen molar-refractivity contribution in [2.45, 2.75) is 18.3 Å². The van der Waals surface area contributed by atoms with Crippen molar-refractivity contribution in [1.82, 2.24) is 0 Å². The first-order valence-corrected chi connectivity index (χ1v) is 16.2. The third-order valence-corrected chi connectivity index (χ3v) is 9.11. The van der Waals surface area contributed by atoms with Crippen LogP contribution in [0.25, 0.3) is 11.1 Å². The molecule has 0 spiro atoms. The lowest BCUT2D eigenvalue weighted by atomic mass is 9.67. The molecule has 234 valence electrons. The van der Waals surface area contributed by atoms with E-state index in [4.69, 9.17) is 9.47 Å². The largest absolute Gasteiger partial charge is 0.491 e. The third kappa shape index (κ3) is 5.83. The number of hydrogen-bond acceptors (Lipinski definition) is 4. The Kier molecular flexibility index (Phi) is 8.87. The molecule has 0 radical (unpaired) electrons. The van der Waals surface area contributed by atoms with E-state index in [-0.39, 0.29) is 26.4 Å². The number of aliphatic hydroxyl groups is 2. The smallest absolute Gasteiger partial charge is 0.122 e. The van der Waals surface area contributed by atoms with Gasteiger partial charge in [0, 0.05) is 12.8 Å². The van der Waals surface area contributed by atoms with Gasteiger partial charge in [-0.1, -0.05) is 133 Å². The summed E-state index contributed by atoms with van der Waals surface area (Å²) in [4.78, 5) is 0. The highest BCUT2D eigenvalue weighted by atomic mass is 16.5. The standard InChI is InChI=1S/C43H38O4/c44-23-25-46-41-21-19-35(29-33(41)27-31-11-3-1-4-12-31)43(39-17-9-7-15-37(39)38-16-8-10-18-40(38)43)36-20-22-42(47-26-24-45)34(30-36)28-32-13-5-2-6-14-32/h1-22,29-30,44-45H,23-28H2. The summed E-state index contributed by atoms with van der Waals surface area (Å²) in [5.41, 5.74) is 11.1. The van der Waals surface area contributed by atoms with Crippen LogP contribution in [0, 0.1) is 0 Å². The highest BCUT2D eigenvalue weighted by molar-refractivity contribution is 5.86. The second-order valence-corrected chi connectivity index (χ2v) is 12.0. The molecule has 0 bridgehead atoms. The van der Waals surface area contributed by atoms with Gasteiger partial charge in [-0.15, -0.1) is 0 Å². The zero-order valence-electron chi connectivity index (χ0n) is 26.3. The number of ether oxygens (including phenoxy) is 2. The van der Waals surface area contributed by atoms with Crippen LogP contribution in [0.15, 0.2) is 146 Å². The molecule has 4 heteroatoms. The Morgan fingerprint density at radius 3 is 1.28 bits per heavy atom. The molecule has 47 heavy (non-hydrogen) atoms. The molecule has 0 aromatic heterocycles. The molecule has 0 heterocycles. The summed E-state index contributed by atoms with van der Waals surface area (Å²) in [6, 6.07) is 51.4. The summed E-state index contributed by atoms with van der Waals surface area (Å²) in [6.07, 6.45) is 1.39. The van der Waals surface area contributed by atoms with E-state index in [1.165, 1.54) is 33.4 Å². The van der Waals surface area contributed by atoms with Crippen molar-refractivity contribution in [3.63, 3.8) is 0 Å². The molecule has 6 aromatic carbocycles. The van der Waals surface area contributed by atoms with Gasteiger partial charge in [0.15, 0.2) is 0 Å². The number of fused-ring (bicyclic) bond motifs is 3. The molecular weight excluding hydrogens is 580 g/mol. The van der Waals surface area contributed by atoms with Crippen LogP contribution < -0.4 is 9.47 Å². The van der Waals surface area contributed by atoms with Gasteiger partial charge in [0.05, 0.1) is 18.6 Å². The van der Waals surface area contributed by atoms with E-state index in [1.807, 2.05) is 12.1 Å². The number of hydrogen-bond donors (Lipinski definition) is 2. The Balaban J connectivity index is 1.48. The lowest BCUT2D eigenvalue weighted by Crippen LogP contribution is -2.29. The van der Waals surface area contributed by atoms with Crippen LogP contribution in [0.2, 0.25) is 0 Å². The Morgan fingerprint density at radius 1 is 0.447 bits per heavy atom. The maximum absolute atomic E-state index is 9.60. The van der Waals surface area contributed by atoms with E-state index in [0.717, 1.165) is 33.8 Å². The van der Waals surface area contributed by atoms with Crippen molar-refractivity contribution in [3.8, 4) is 22.6 Å². The lowest BCUT2D eigenvalue weighted by Gasteiger charge is -2.35. The van der Waals surface area contributed by atoms with Crippen LogP contribution in [0.4, 0.5) is 0 Å². The Morgan fingerprint density at radius 2 is 0.851 bits per heavy atom. The second-order valence-electron chi connectivity index (χ2n) is 12.0. The van der Waals surface area contributed by atoms with Gasteiger partial charge in [0.1, 0.15) is 24.7 Å². The minimum absolute atomic E-state index is 0.0495. The molecule has 0 saturated carbocycles. The summed E-state index contributed by atoms with van der Waals surface area (Å²) < 4.78 is 12.2. The molecule has 6 aromatic rings. The summed E-state index contributed by atoms with van der Waals surface area (Å²) in [6.45, 7) is 0.365. The van der Waals surface area contributed by atoms with Gasteiger partial charge in [0.25, 0.3) is 0 Å². The van der Waals surface area contributed by atoms with Crippen molar-refractivity contribution in [2.24, 2.45) is 0 Å². The van der Waals surface area contributed by atoms with Crippen LogP contribution in [0.5, 0.6) is 11.5 Å². The topological polar surface area (TPSA) is 58.9 Å². The first-order valence-electron chi connectivity index (χ1n) is 16.2. The molecule has 1 aliphatic carbocycles. The zero-order valence-corrected chi connectivity index (χ0v) is 26.3. The highest BCUT2D eigenvalue weighted by Gasteiger charge is 2.46. The number of rotatable bonds is 12. The second kappa shape index (κ2) is 13.7. The summed E-state index contributed by atoms with van der Waals surface area (Å²) in [5.74, 6) is 1.55. The van der Waals surface area contributed by atoms with Crippen molar-refractivity contribution < 1.29 is 19.7 Å². The van der Waals surface area contributed by atoms with E-state index in [0.29, 0.717) is 12.8 Å². The molecule has 1 aliphatic rings. The Hall–Kier alpha value is -5.16. The van der Waals surface area contributed by atoms with E-state index in [2.05, 4.69) is 133 Å². The quantitative estimate of drug-likeness (QED) is 0.146. The molecule has 0 saturated heterocycles. The fourth-order valence-electron chi connectivity index (χ4n) is 7.15. The fourth-order valence-corrected chi connectivity index (χ4v) is 7.15. The van der Waals surface area contributed by atoms with Gasteiger partial charge >= 0.3 is 0 Å². The van der Waals surface area contributed by atoms with Crippen LogP contribution in [0.3, 0.4) is 0 Å². The molecule has 0 fully saturated rings. The average molecular weight is 619 g/mol. The van der Waals surface area contributed by atoms with Crippen molar-refractivity contribution in [2.75, 3.05) is 26.4 Å². The minimum atomic E-state index is -0.616. The Labute approximate surface area is 276 Å². The number of benzene rings is 6. The zero-order chi connectivity index (χ0) is 32.1. The molecule has 0 aliphatic heterocycles. The lowest BCUT2D eigenvalue weighted by molar-refractivity contribution is 0.200.